The van der Waals surface area contributed by atoms with Gasteiger partial charge in [0.1, 0.15) is 5.82 Å². The van der Waals surface area contributed by atoms with Gasteiger partial charge in [-0.3, -0.25) is 4.79 Å². The van der Waals surface area contributed by atoms with Crippen molar-refractivity contribution in [2.45, 2.75) is 25.7 Å². The molecule has 0 aliphatic heterocycles. The van der Waals surface area contributed by atoms with E-state index in [2.05, 4.69) is 5.32 Å². The first-order valence-corrected chi connectivity index (χ1v) is 6.83. The molecule has 2 aliphatic carbocycles. The van der Waals surface area contributed by atoms with Crippen LogP contribution in [0.3, 0.4) is 0 Å². The van der Waals surface area contributed by atoms with Crippen molar-refractivity contribution in [3.63, 3.8) is 0 Å². The van der Waals surface area contributed by atoms with Crippen LogP contribution in [-0.2, 0) is 0 Å². The number of nitrogens with one attached hydrogen (secondary N) is 1. The number of benzene rings is 1. The monoisotopic (exact) mass is 277 g/mol. The summed E-state index contributed by atoms with van der Waals surface area (Å²) in [6.07, 6.45) is 4.74. The number of rotatable bonds is 5. The maximum Gasteiger partial charge on any atom is 0.335 e. The number of hydrogen-bond acceptors (Lipinski definition) is 2. The van der Waals surface area contributed by atoms with E-state index < -0.39 is 17.7 Å². The Morgan fingerprint density at radius 2 is 2.05 bits per heavy atom. The Hall–Kier alpha value is -1.91. The second-order valence-electron chi connectivity index (χ2n) is 5.82. The summed E-state index contributed by atoms with van der Waals surface area (Å²) in [4.78, 5) is 22.7. The summed E-state index contributed by atoms with van der Waals surface area (Å²) in [5.74, 6) is -1.74. The van der Waals surface area contributed by atoms with Crippen molar-refractivity contribution >= 4 is 11.9 Å². The van der Waals surface area contributed by atoms with Crippen LogP contribution in [0.5, 0.6) is 0 Å². The van der Waals surface area contributed by atoms with Crippen LogP contribution >= 0.6 is 0 Å². The van der Waals surface area contributed by atoms with Gasteiger partial charge in [-0.25, -0.2) is 9.18 Å². The summed E-state index contributed by atoms with van der Waals surface area (Å²) < 4.78 is 13.7. The minimum absolute atomic E-state index is 0.0957. The van der Waals surface area contributed by atoms with Crippen LogP contribution in [-0.4, -0.2) is 23.5 Å². The van der Waals surface area contributed by atoms with Gasteiger partial charge in [0.05, 0.1) is 11.1 Å². The van der Waals surface area contributed by atoms with Crippen molar-refractivity contribution in [1.82, 2.24) is 5.32 Å². The number of carbonyl (C=O) groups is 2. The second kappa shape index (κ2) is 4.58. The molecule has 1 aromatic rings. The molecule has 20 heavy (non-hydrogen) atoms. The van der Waals surface area contributed by atoms with Gasteiger partial charge in [0.25, 0.3) is 5.91 Å². The Morgan fingerprint density at radius 3 is 2.55 bits per heavy atom. The fourth-order valence-corrected chi connectivity index (χ4v) is 2.77. The summed E-state index contributed by atoms with van der Waals surface area (Å²) in [5, 5.41) is 11.5. The standard InChI is InChI=1S/C15H16FNO3/c16-12-7-9(14(19)20)1-4-11(12)13(18)17-8-15(5-6-15)10-2-3-10/h1,4,7,10H,2-3,5-6,8H2,(H,17,18)(H,19,20). The smallest absolute Gasteiger partial charge is 0.335 e. The number of carboxylic acids is 1. The number of halogens is 1. The summed E-state index contributed by atoms with van der Waals surface area (Å²) in [7, 11) is 0. The third kappa shape index (κ3) is 2.40. The molecular formula is C15H16FNO3. The van der Waals surface area contributed by atoms with Crippen LogP contribution in [0.2, 0.25) is 0 Å². The maximum atomic E-state index is 13.7. The number of carboxylic acid groups (broad SMARTS) is 1. The van der Waals surface area contributed by atoms with Gasteiger partial charge in [-0.1, -0.05) is 0 Å². The molecule has 2 fully saturated rings. The molecule has 2 N–H and O–H groups in total. The van der Waals surface area contributed by atoms with Crippen LogP contribution in [0.15, 0.2) is 18.2 Å². The lowest BCUT2D eigenvalue weighted by molar-refractivity contribution is 0.0695. The average Bonchev–Trinajstić information content (AvgIpc) is 3.27. The molecular weight excluding hydrogens is 261 g/mol. The average molecular weight is 277 g/mol. The summed E-state index contributed by atoms with van der Waals surface area (Å²) in [5.41, 5.74) is 0.00458. The zero-order valence-corrected chi connectivity index (χ0v) is 11.0. The SMILES string of the molecule is O=C(O)c1ccc(C(=O)NCC2(C3CC3)CC2)c(F)c1. The lowest BCUT2D eigenvalue weighted by Gasteiger charge is -2.15. The summed E-state index contributed by atoms with van der Waals surface area (Å²) in [6, 6.07) is 3.35. The van der Waals surface area contributed by atoms with Gasteiger partial charge in [-0.2, -0.15) is 0 Å². The Kier molecular flexibility index (Phi) is 3.00. The number of hydrogen-bond donors (Lipinski definition) is 2. The van der Waals surface area contributed by atoms with E-state index >= 15 is 0 Å². The zero-order valence-electron chi connectivity index (χ0n) is 11.0. The first-order valence-electron chi connectivity index (χ1n) is 6.83. The Morgan fingerprint density at radius 1 is 1.35 bits per heavy atom. The quantitative estimate of drug-likeness (QED) is 0.868. The topological polar surface area (TPSA) is 66.4 Å². The van der Waals surface area contributed by atoms with Crippen molar-refractivity contribution in [3.8, 4) is 0 Å². The molecule has 0 bridgehead atoms. The van der Waals surface area contributed by atoms with Gasteiger partial charge in [0.15, 0.2) is 0 Å². The van der Waals surface area contributed by atoms with Gasteiger partial charge >= 0.3 is 5.97 Å². The minimum atomic E-state index is -1.21. The maximum absolute atomic E-state index is 13.7. The van der Waals surface area contributed by atoms with Crippen LogP contribution < -0.4 is 5.32 Å². The lowest BCUT2D eigenvalue weighted by atomic mass is 10.0. The van der Waals surface area contributed by atoms with Gasteiger partial charge < -0.3 is 10.4 Å². The molecule has 0 spiro atoms. The molecule has 3 rings (SSSR count). The highest BCUT2D eigenvalue weighted by atomic mass is 19.1. The first-order chi connectivity index (χ1) is 9.52. The van der Waals surface area contributed by atoms with Crippen LogP contribution in [0.1, 0.15) is 46.4 Å². The van der Waals surface area contributed by atoms with Crippen molar-refractivity contribution in [3.05, 3.63) is 35.1 Å². The van der Waals surface area contributed by atoms with E-state index in [1.54, 1.807) is 0 Å². The number of carbonyl (C=O) groups excluding carboxylic acids is 1. The summed E-state index contributed by atoms with van der Waals surface area (Å²) >= 11 is 0. The number of amides is 1. The van der Waals surface area contributed by atoms with Crippen molar-refractivity contribution < 1.29 is 19.1 Å². The molecule has 0 unspecified atom stereocenters. The van der Waals surface area contributed by atoms with Gasteiger partial charge in [-0.15, -0.1) is 0 Å². The van der Waals surface area contributed by atoms with E-state index in [0.717, 1.165) is 24.8 Å². The highest BCUT2D eigenvalue weighted by Gasteiger charge is 2.53. The highest BCUT2D eigenvalue weighted by Crippen LogP contribution is 2.60. The van der Waals surface area contributed by atoms with E-state index in [9.17, 15) is 14.0 Å². The molecule has 0 atom stereocenters. The minimum Gasteiger partial charge on any atom is -0.478 e. The molecule has 1 amide bonds. The van der Waals surface area contributed by atoms with Crippen LogP contribution in [0.25, 0.3) is 0 Å². The highest BCUT2D eigenvalue weighted by molar-refractivity contribution is 5.96. The largest absolute Gasteiger partial charge is 0.478 e. The van der Waals surface area contributed by atoms with Gasteiger partial charge in [0.2, 0.25) is 0 Å². The van der Waals surface area contributed by atoms with E-state index in [1.165, 1.54) is 25.0 Å². The third-order valence-electron chi connectivity index (χ3n) is 4.40. The lowest BCUT2D eigenvalue weighted by Crippen LogP contribution is -2.31. The molecule has 4 nitrogen and oxygen atoms in total. The van der Waals surface area contributed by atoms with E-state index in [-0.39, 0.29) is 16.5 Å². The molecule has 5 heteroatoms. The normalized spacial score (nSPS) is 19.4. The van der Waals surface area contributed by atoms with Crippen LogP contribution in [0.4, 0.5) is 4.39 Å². The fourth-order valence-electron chi connectivity index (χ4n) is 2.77. The molecule has 1 aromatic carbocycles. The number of aromatic carboxylic acids is 1. The van der Waals surface area contributed by atoms with Crippen molar-refractivity contribution in [2.75, 3.05) is 6.54 Å². The predicted octanol–water partition coefficient (Wildman–Crippen LogP) is 2.44. The van der Waals surface area contributed by atoms with E-state index in [0.29, 0.717) is 6.54 Å². The molecule has 0 saturated heterocycles. The molecule has 0 aromatic heterocycles. The van der Waals surface area contributed by atoms with E-state index in [1.807, 2.05) is 0 Å². The van der Waals surface area contributed by atoms with E-state index in [4.69, 9.17) is 5.11 Å². The molecule has 0 heterocycles. The zero-order chi connectivity index (χ0) is 14.3. The van der Waals surface area contributed by atoms with Crippen LogP contribution in [0, 0.1) is 17.2 Å². The van der Waals surface area contributed by atoms with Gasteiger partial charge in [-0.05, 0) is 55.2 Å². The first kappa shape index (κ1) is 13.1. The van der Waals surface area contributed by atoms with Crippen molar-refractivity contribution in [2.24, 2.45) is 11.3 Å². The molecule has 0 radical (unpaired) electrons. The molecule has 2 saturated carbocycles. The molecule has 106 valence electrons. The van der Waals surface area contributed by atoms with Gasteiger partial charge in [0, 0.05) is 6.54 Å². The fraction of sp³-hybridized carbons (Fsp3) is 0.467. The third-order valence-corrected chi connectivity index (χ3v) is 4.40. The second-order valence-corrected chi connectivity index (χ2v) is 5.82. The predicted molar refractivity (Wildman–Crippen MR) is 70.1 cm³/mol. The van der Waals surface area contributed by atoms with Crippen molar-refractivity contribution in [1.29, 1.82) is 0 Å². The molecule has 2 aliphatic rings. The Balaban J connectivity index is 1.66. The summed E-state index contributed by atoms with van der Waals surface area (Å²) in [6.45, 7) is 0.594. The Bertz CT molecular complexity index is 576. The Labute approximate surface area is 116 Å².